The summed E-state index contributed by atoms with van der Waals surface area (Å²) < 4.78 is 0. The van der Waals surface area contributed by atoms with E-state index in [9.17, 15) is 9.59 Å². The van der Waals surface area contributed by atoms with Crippen LogP contribution in [0.3, 0.4) is 0 Å². The number of anilines is 2. The molecule has 98 valence electrons. The van der Waals surface area contributed by atoms with Crippen LogP contribution in [0.4, 0.5) is 16.2 Å². The van der Waals surface area contributed by atoms with Crippen molar-refractivity contribution in [3.63, 3.8) is 0 Å². The topological polar surface area (TPSA) is 110 Å². The molecule has 1 rings (SSSR count). The predicted molar refractivity (Wildman–Crippen MR) is 71.2 cm³/mol. The summed E-state index contributed by atoms with van der Waals surface area (Å²) in [6.07, 6.45) is 2.08. The maximum Gasteiger partial charge on any atom is 0.316 e. The van der Waals surface area contributed by atoms with Crippen molar-refractivity contribution in [3.8, 4) is 0 Å². The molecule has 1 aromatic rings. The molecule has 6 heteroatoms. The number of hydrogen-bond acceptors (Lipinski definition) is 3. The van der Waals surface area contributed by atoms with Gasteiger partial charge in [-0.15, -0.1) is 0 Å². The fourth-order valence-corrected chi connectivity index (χ4v) is 1.43. The number of rotatable bonds is 6. The molecule has 0 heterocycles. The summed E-state index contributed by atoms with van der Waals surface area (Å²) in [5.74, 6) is -0.0425. The second-order valence-electron chi connectivity index (χ2n) is 3.86. The Labute approximate surface area is 106 Å². The fraction of sp³-hybridized carbons (Fsp3) is 0.333. The Balaban J connectivity index is 2.43. The van der Waals surface area contributed by atoms with E-state index in [0.717, 1.165) is 12.8 Å². The van der Waals surface area contributed by atoms with Crippen LogP contribution in [0.15, 0.2) is 24.3 Å². The molecule has 3 amide bonds. The normalized spacial score (nSPS) is 9.83. The van der Waals surface area contributed by atoms with Crippen molar-refractivity contribution in [1.82, 2.24) is 0 Å². The maximum atomic E-state index is 11.5. The molecule has 18 heavy (non-hydrogen) atoms. The highest BCUT2D eigenvalue weighted by Gasteiger charge is 2.02. The second kappa shape index (κ2) is 7.29. The molecule has 0 bridgehead atoms. The third-order valence-electron chi connectivity index (χ3n) is 2.29. The van der Waals surface area contributed by atoms with Gasteiger partial charge in [-0.1, -0.05) is 0 Å². The zero-order valence-electron chi connectivity index (χ0n) is 10.1. The Morgan fingerprint density at radius 3 is 2.06 bits per heavy atom. The quantitative estimate of drug-likeness (QED) is 0.570. The molecule has 0 atom stereocenters. The minimum absolute atomic E-state index is 0.0425. The molecule has 1 aromatic carbocycles. The lowest BCUT2D eigenvalue weighted by atomic mass is 10.2. The smallest absolute Gasteiger partial charge is 0.316 e. The van der Waals surface area contributed by atoms with E-state index in [-0.39, 0.29) is 5.91 Å². The highest BCUT2D eigenvalue weighted by molar-refractivity contribution is 5.91. The number of nitrogens with one attached hydrogen (secondary N) is 2. The Morgan fingerprint density at radius 1 is 1.00 bits per heavy atom. The summed E-state index contributed by atoms with van der Waals surface area (Å²) in [5, 5.41) is 5.20. The number of nitrogens with two attached hydrogens (primary N) is 2. The number of primary amides is 1. The maximum absolute atomic E-state index is 11.5. The van der Waals surface area contributed by atoms with Gasteiger partial charge in [0.05, 0.1) is 0 Å². The number of unbranched alkanes of at least 4 members (excludes halogenated alkanes) is 1. The number of carbonyl (C=O) groups excluding carboxylic acids is 2. The van der Waals surface area contributed by atoms with Gasteiger partial charge >= 0.3 is 6.03 Å². The number of hydrogen-bond donors (Lipinski definition) is 4. The zero-order chi connectivity index (χ0) is 13.4. The zero-order valence-corrected chi connectivity index (χ0v) is 10.1. The van der Waals surface area contributed by atoms with E-state index in [1.54, 1.807) is 24.3 Å². The highest BCUT2D eigenvalue weighted by Crippen LogP contribution is 2.13. The van der Waals surface area contributed by atoms with Crippen LogP contribution < -0.4 is 22.1 Å². The predicted octanol–water partition coefficient (Wildman–Crippen LogP) is 1.24. The van der Waals surface area contributed by atoms with E-state index < -0.39 is 6.03 Å². The van der Waals surface area contributed by atoms with Gasteiger partial charge in [0.2, 0.25) is 5.91 Å². The fourth-order valence-electron chi connectivity index (χ4n) is 1.43. The molecule has 6 nitrogen and oxygen atoms in total. The second-order valence-corrected chi connectivity index (χ2v) is 3.86. The van der Waals surface area contributed by atoms with Crippen molar-refractivity contribution in [2.45, 2.75) is 19.3 Å². The summed E-state index contributed by atoms with van der Waals surface area (Å²) in [4.78, 5) is 22.1. The van der Waals surface area contributed by atoms with Crippen molar-refractivity contribution in [1.29, 1.82) is 0 Å². The monoisotopic (exact) mass is 250 g/mol. The van der Waals surface area contributed by atoms with Crippen molar-refractivity contribution < 1.29 is 9.59 Å². The van der Waals surface area contributed by atoms with Crippen LogP contribution in [-0.4, -0.2) is 18.5 Å². The molecular formula is C12H18N4O2. The van der Waals surface area contributed by atoms with Gasteiger partial charge < -0.3 is 22.1 Å². The molecule has 0 aliphatic rings. The third kappa shape index (κ3) is 5.31. The third-order valence-corrected chi connectivity index (χ3v) is 2.29. The SMILES string of the molecule is NCCCCC(=O)Nc1ccc(NC(N)=O)cc1. The molecule has 0 saturated heterocycles. The summed E-state index contributed by atoms with van der Waals surface area (Å²) in [7, 11) is 0. The van der Waals surface area contributed by atoms with Gasteiger partial charge in [0.15, 0.2) is 0 Å². The summed E-state index contributed by atoms with van der Waals surface area (Å²) in [6, 6.07) is 6.12. The van der Waals surface area contributed by atoms with Crippen LogP contribution in [-0.2, 0) is 4.79 Å². The molecule has 6 N–H and O–H groups in total. The molecule has 0 aliphatic heterocycles. The lowest BCUT2D eigenvalue weighted by molar-refractivity contribution is -0.116. The standard InChI is InChI=1S/C12H18N4O2/c13-8-2-1-3-11(17)15-9-4-6-10(7-5-9)16-12(14)18/h4-7H,1-3,8,13H2,(H,15,17)(H3,14,16,18). The van der Waals surface area contributed by atoms with Crippen molar-refractivity contribution in [3.05, 3.63) is 24.3 Å². The van der Waals surface area contributed by atoms with E-state index in [4.69, 9.17) is 11.5 Å². The average molecular weight is 250 g/mol. The van der Waals surface area contributed by atoms with Crippen LogP contribution in [0.25, 0.3) is 0 Å². The highest BCUT2D eigenvalue weighted by atomic mass is 16.2. The van der Waals surface area contributed by atoms with Crippen LogP contribution >= 0.6 is 0 Å². The molecule has 0 saturated carbocycles. The molecule has 0 unspecified atom stereocenters. The van der Waals surface area contributed by atoms with Gasteiger partial charge in [-0.25, -0.2) is 4.79 Å². The van der Waals surface area contributed by atoms with Crippen molar-refractivity contribution >= 4 is 23.3 Å². The molecule has 0 radical (unpaired) electrons. The minimum Gasteiger partial charge on any atom is -0.351 e. The summed E-state index contributed by atoms with van der Waals surface area (Å²) in [6.45, 7) is 0.598. The minimum atomic E-state index is -0.617. The first-order valence-corrected chi connectivity index (χ1v) is 5.78. The van der Waals surface area contributed by atoms with Gasteiger partial charge in [0.1, 0.15) is 0 Å². The van der Waals surface area contributed by atoms with Crippen LogP contribution in [0.2, 0.25) is 0 Å². The van der Waals surface area contributed by atoms with E-state index in [1.165, 1.54) is 0 Å². The molecule has 0 aromatic heterocycles. The number of benzene rings is 1. The van der Waals surface area contributed by atoms with E-state index >= 15 is 0 Å². The van der Waals surface area contributed by atoms with Gasteiger partial charge in [0, 0.05) is 17.8 Å². The number of carbonyl (C=O) groups is 2. The van der Waals surface area contributed by atoms with E-state index in [2.05, 4.69) is 10.6 Å². The van der Waals surface area contributed by atoms with Gasteiger partial charge in [-0.2, -0.15) is 0 Å². The lowest BCUT2D eigenvalue weighted by Gasteiger charge is -2.06. The Hall–Kier alpha value is -2.08. The van der Waals surface area contributed by atoms with Gasteiger partial charge in [0.25, 0.3) is 0 Å². The summed E-state index contributed by atoms with van der Waals surface area (Å²) in [5.41, 5.74) is 11.6. The van der Waals surface area contributed by atoms with Crippen LogP contribution in [0.1, 0.15) is 19.3 Å². The Kier molecular flexibility index (Phi) is 5.66. The van der Waals surface area contributed by atoms with Crippen LogP contribution in [0, 0.1) is 0 Å². The van der Waals surface area contributed by atoms with Gasteiger partial charge in [-0.05, 0) is 43.7 Å². The lowest BCUT2D eigenvalue weighted by Crippen LogP contribution is -2.19. The number of urea groups is 1. The van der Waals surface area contributed by atoms with Crippen molar-refractivity contribution in [2.24, 2.45) is 11.5 Å². The largest absolute Gasteiger partial charge is 0.351 e. The first kappa shape index (κ1) is 14.0. The molecular weight excluding hydrogens is 232 g/mol. The van der Waals surface area contributed by atoms with E-state index in [1.807, 2.05) is 0 Å². The van der Waals surface area contributed by atoms with Crippen LogP contribution in [0.5, 0.6) is 0 Å². The Bertz CT molecular complexity index is 403. The van der Waals surface area contributed by atoms with Crippen molar-refractivity contribution in [2.75, 3.05) is 17.2 Å². The first-order chi connectivity index (χ1) is 8.61. The average Bonchev–Trinajstić information content (AvgIpc) is 2.31. The first-order valence-electron chi connectivity index (χ1n) is 5.78. The van der Waals surface area contributed by atoms with E-state index in [0.29, 0.717) is 24.3 Å². The molecule has 0 spiro atoms. The Morgan fingerprint density at radius 2 is 1.56 bits per heavy atom. The van der Waals surface area contributed by atoms with Gasteiger partial charge in [-0.3, -0.25) is 4.79 Å². The molecule has 0 fully saturated rings. The molecule has 0 aliphatic carbocycles. The summed E-state index contributed by atoms with van der Waals surface area (Å²) >= 11 is 0. The number of amides is 3.